The molecule has 4 rings (SSSR count). The molecule has 1 N–H and O–H groups in total. The zero-order chi connectivity index (χ0) is 15.9. The first-order valence-electron chi connectivity index (χ1n) is 8.35. The third kappa shape index (κ3) is 2.37. The largest absolute Gasteiger partial charge is 0.392 e. The van der Waals surface area contributed by atoms with E-state index in [-0.39, 0.29) is 17.6 Å². The molecule has 0 aromatic carbocycles. The van der Waals surface area contributed by atoms with Crippen LogP contribution in [0.3, 0.4) is 0 Å². The lowest BCUT2D eigenvalue weighted by molar-refractivity contribution is -0.199. The number of hydrogen-bond acceptors (Lipinski definition) is 6. The highest BCUT2D eigenvalue weighted by Gasteiger charge is 2.56. The van der Waals surface area contributed by atoms with Gasteiger partial charge in [-0.3, -0.25) is 4.98 Å². The Hall–Kier alpha value is -1.79. The molecule has 1 aliphatic carbocycles. The number of rotatable bonds is 3. The average molecular weight is 314 g/mol. The summed E-state index contributed by atoms with van der Waals surface area (Å²) >= 11 is 0. The molecule has 6 heteroatoms. The molecule has 2 aromatic heterocycles. The summed E-state index contributed by atoms with van der Waals surface area (Å²) in [5.41, 5.74) is 1.44. The zero-order valence-corrected chi connectivity index (χ0v) is 13.4. The van der Waals surface area contributed by atoms with Crippen LogP contribution in [-0.2, 0) is 4.74 Å². The molecule has 1 aliphatic heterocycles. The molecule has 0 radical (unpaired) electrons. The van der Waals surface area contributed by atoms with Crippen LogP contribution in [0.5, 0.6) is 0 Å². The number of nitrogens with zero attached hydrogens (tertiary/aromatic N) is 4. The molecular formula is C17H22N4O2. The van der Waals surface area contributed by atoms with Crippen LogP contribution in [0.1, 0.15) is 26.2 Å². The number of pyridine rings is 1. The second-order valence-corrected chi connectivity index (χ2v) is 6.48. The molecule has 1 spiro atoms. The molecule has 2 aliphatic rings. The van der Waals surface area contributed by atoms with Gasteiger partial charge in [-0.2, -0.15) is 0 Å². The van der Waals surface area contributed by atoms with E-state index >= 15 is 0 Å². The van der Waals surface area contributed by atoms with E-state index in [9.17, 15) is 5.11 Å². The van der Waals surface area contributed by atoms with Gasteiger partial charge in [-0.15, -0.1) is 0 Å². The smallest absolute Gasteiger partial charge is 0.180 e. The molecule has 2 aromatic rings. The maximum atomic E-state index is 10.3. The van der Waals surface area contributed by atoms with Crippen LogP contribution < -0.4 is 4.90 Å². The molecule has 1 saturated heterocycles. The van der Waals surface area contributed by atoms with Crippen molar-refractivity contribution >= 4 is 17.0 Å². The third-order valence-electron chi connectivity index (χ3n) is 5.45. The van der Waals surface area contributed by atoms with Gasteiger partial charge in [0.2, 0.25) is 0 Å². The number of fused-ring (bicyclic) bond motifs is 1. The van der Waals surface area contributed by atoms with E-state index < -0.39 is 0 Å². The normalized spacial score (nSPS) is 26.4. The van der Waals surface area contributed by atoms with Crippen LogP contribution in [0.2, 0.25) is 0 Å². The van der Waals surface area contributed by atoms with Gasteiger partial charge in [-0.05, 0) is 31.9 Å². The first kappa shape index (κ1) is 14.8. The van der Waals surface area contributed by atoms with E-state index in [1.54, 1.807) is 12.4 Å². The minimum Gasteiger partial charge on any atom is -0.392 e. The van der Waals surface area contributed by atoms with Gasteiger partial charge in [0.25, 0.3) is 0 Å². The van der Waals surface area contributed by atoms with Crippen molar-refractivity contribution in [2.45, 2.75) is 38.4 Å². The van der Waals surface area contributed by atoms with E-state index in [0.29, 0.717) is 12.3 Å². The summed E-state index contributed by atoms with van der Waals surface area (Å²) in [4.78, 5) is 15.4. The predicted octanol–water partition coefficient (Wildman–Crippen LogP) is 1.78. The highest BCUT2D eigenvalue weighted by atomic mass is 16.5. The van der Waals surface area contributed by atoms with Crippen molar-refractivity contribution in [3.63, 3.8) is 0 Å². The Bertz CT molecular complexity index is 698. The SMILES string of the molecule is CCO[C@@H]1C[C@@H](O)C12CCN(c1ccc3nccnc3n1)CC2. The lowest BCUT2D eigenvalue weighted by Crippen LogP contribution is -2.62. The van der Waals surface area contributed by atoms with E-state index in [1.165, 1.54) is 0 Å². The summed E-state index contributed by atoms with van der Waals surface area (Å²) < 4.78 is 5.83. The Labute approximate surface area is 135 Å². The van der Waals surface area contributed by atoms with Gasteiger partial charge in [-0.1, -0.05) is 0 Å². The summed E-state index contributed by atoms with van der Waals surface area (Å²) in [6.07, 6.45) is 5.99. The van der Waals surface area contributed by atoms with Crippen LogP contribution in [0.4, 0.5) is 5.82 Å². The van der Waals surface area contributed by atoms with Gasteiger partial charge in [0.15, 0.2) is 5.65 Å². The number of ether oxygens (including phenoxy) is 1. The molecule has 2 atom stereocenters. The zero-order valence-electron chi connectivity index (χ0n) is 13.4. The highest BCUT2D eigenvalue weighted by molar-refractivity contribution is 5.71. The van der Waals surface area contributed by atoms with Crippen LogP contribution in [0, 0.1) is 5.41 Å². The van der Waals surface area contributed by atoms with Crippen LogP contribution in [-0.4, -0.2) is 52.0 Å². The second kappa shape index (κ2) is 5.69. The first-order chi connectivity index (χ1) is 11.2. The van der Waals surface area contributed by atoms with Crippen LogP contribution >= 0.6 is 0 Å². The second-order valence-electron chi connectivity index (χ2n) is 6.48. The van der Waals surface area contributed by atoms with Gasteiger partial charge in [0.05, 0.1) is 12.2 Å². The predicted molar refractivity (Wildman–Crippen MR) is 87.3 cm³/mol. The summed E-state index contributed by atoms with van der Waals surface area (Å²) in [6.45, 7) is 4.51. The Kier molecular flexibility index (Phi) is 3.66. The number of aromatic nitrogens is 3. The standard InChI is InChI=1S/C17H22N4O2/c1-2-23-14-11-13(22)17(14)5-9-21(10-6-17)15-4-3-12-16(20-15)19-8-7-18-12/h3-4,7-8,13-14,22H,2,5-6,9-11H2,1H3/t13-,14-/m1/s1. The fraction of sp³-hybridized carbons (Fsp3) is 0.588. The lowest BCUT2D eigenvalue weighted by Gasteiger charge is -2.56. The molecule has 3 heterocycles. The van der Waals surface area contributed by atoms with Crippen molar-refractivity contribution < 1.29 is 9.84 Å². The third-order valence-corrected chi connectivity index (χ3v) is 5.45. The van der Waals surface area contributed by atoms with Crippen molar-refractivity contribution in [3.05, 3.63) is 24.5 Å². The maximum absolute atomic E-state index is 10.3. The summed E-state index contributed by atoms with van der Waals surface area (Å²) in [6, 6.07) is 3.97. The van der Waals surface area contributed by atoms with Crippen molar-refractivity contribution in [3.8, 4) is 0 Å². The Morgan fingerprint density at radius 2 is 2.04 bits per heavy atom. The molecule has 23 heavy (non-hydrogen) atoms. The number of aliphatic hydroxyl groups is 1. The molecule has 1 saturated carbocycles. The lowest BCUT2D eigenvalue weighted by atomic mass is 9.58. The minimum absolute atomic E-state index is 0.0524. The number of hydrogen-bond donors (Lipinski definition) is 1. The Morgan fingerprint density at radius 3 is 2.78 bits per heavy atom. The van der Waals surface area contributed by atoms with Gasteiger partial charge in [-0.25, -0.2) is 9.97 Å². The van der Waals surface area contributed by atoms with Crippen molar-refractivity contribution in [1.29, 1.82) is 0 Å². The van der Waals surface area contributed by atoms with Gasteiger partial charge in [0, 0.05) is 43.9 Å². The summed E-state index contributed by atoms with van der Waals surface area (Å²) in [7, 11) is 0. The summed E-state index contributed by atoms with van der Waals surface area (Å²) in [5.74, 6) is 0.939. The Balaban J connectivity index is 1.50. The fourth-order valence-corrected chi connectivity index (χ4v) is 3.99. The van der Waals surface area contributed by atoms with Crippen molar-refractivity contribution in [2.24, 2.45) is 5.41 Å². The quantitative estimate of drug-likeness (QED) is 0.931. The Morgan fingerprint density at radius 1 is 1.26 bits per heavy atom. The molecule has 122 valence electrons. The molecule has 0 unspecified atom stereocenters. The monoisotopic (exact) mass is 314 g/mol. The van der Waals surface area contributed by atoms with Crippen molar-refractivity contribution in [1.82, 2.24) is 15.0 Å². The molecule has 0 bridgehead atoms. The highest BCUT2D eigenvalue weighted by Crippen LogP contribution is 2.51. The number of piperidine rings is 1. The molecule has 2 fully saturated rings. The van der Waals surface area contributed by atoms with E-state index in [1.807, 2.05) is 19.1 Å². The molecule has 0 amide bonds. The van der Waals surface area contributed by atoms with Crippen molar-refractivity contribution in [2.75, 3.05) is 24.6 Å². The first-order valence-corrected chi connectivity index (χ1v) is 8.35. The number of aliphatic hydroxyl groups excluding tert-OH is 1. The summed E-state index contributed by atoms with van der Waals surface area (Å²) in [5, 5.41) is 10.3. The topological polar surface area (TPSA) is 71.4 Å². The van der Waals surface area contributed by atoms with Crippen LogP contribution in [0.15, 0.2) is 24.5 Å². The maximum Gasteiger partial charge on any atom is 0.180 e. The minimum atomic E-state index is -0.225. The van der Waals surface area contributed by atoms with Gasteiger partial charge >= 0.3 is 0 Å². The number of anilines is 1. The van der Waals surface area contributed by atoms with Gasteiger partial charge in [0.1, 0.15) is 11.3 Å². The van der Waals surface area contributed by atoms with Crippen LogP contribution in [0.25, 0.3) is 11.2 Å². The van der Waals surface area contributed by atoms with Gasteiger partial charge < -0.3 is 14.7 Å². The molecular weight excluding hydrogens is 292 g/mol. The van der Waals surface area contributed by atoms with E-state index in [2.05, 4.69) is 19.9 Å². The van der Waals surface area contributed by atoms with E-state index in [4.69, 9.17) is 4.74 Å². The average Bonchev–Trinajstić information content (AvgIpc) is 2.61. The molecule has 6 nitrogen and oxygen atoms in total. The fourth-order valence-electron chi connectivity index (χ4n) is 3.99. The van der Waals surface area contributed by atoms with E-state index in [0.717, 1.165) is 43.7 Å².